The Morgan fingerprint density at radius 2 is 1.77 bits per heavy atom. The summed E-state index contributed by atoms with van der Waals surface area (Å²) in [5.41, 5.74) is 5.65. The molecule has 0 spiro atoms. The van der Waals surface area contributed by atoms with Crippen LogP contribution in [0.1, 0.15) is 26.3 Å². The number of H-pyrrole nitrogens is 1. The van der Waals surface area contributed by atoms with Crippen molar-refractivity contribution in [3.8, 4) is 28.1 Å². The predicted octanol–water partition coefficient (Wildman–Crippen LogP) is 4.35. The van der Waals surface area contributed by atoms with Gasteiger partial charge in [-0.1, -0.05) is 54.6 Å². The SMILES string of the molecule is O=Cc1cc(C(=O)NCc2ccc(-c3nc4ccn5c(=O)[nH]nc5c4cc3-c3ccccc3)cc2)ccc1O. The molecule has 6 rings (SSSR count). The Bertz CT molecular complexity index is 1930. The van der Waals surface area contributed by atoms with Gasteiger partial charge in [-0.15, -0.1) is 0 Å². The molecule has 0 saturated carbocycles. The maximum Gasteiger partial charge on any atom is 0.347 e. The van der Waals surface area contributed by atoms with Crippen LogP contribution in [0, 0.1) is 0 Å². The van der Waals surface area contributed by atoms with Gasteiger partial charge in [0, 0.05) is 34.8 Å². The second-order valence-electron chi connectivity index (χ2n) is 8.99. The number of nitrogens with zero attached hydrogens (tertiary/aromatic N) is 3. The van der Waals surface area contributed by atoms with Gasteiger partial charge in [0.05, 0.1) is 16.8 Å². The Morgan fingerprint density at radius 1 is 0.974 bits per heavy atom. The zero-order valence-electron chi connectivity index (χ0n) is 20.5. The molecule has 3 aromatic carbocycles. The highest BCUT2D eigenvalue weighted by Crippen LogP contribution is 2.34. The Balaban J connectivity index is 1.33. The summed E-state index contributed by atoms with van der Waals surface area (Å²) in [6.07, 6.45) is 2.16. The average molecular weight is 516 g/mol. The van der Waals surface area contributed by atoms with E-state index in [1.165, 1.54) is 22.6 Å². The van der Waals surface area contributed by atoms with Crippen molar-refractivity contribution in [3.05, 3.63) is 118 Å². The second-order valence-corrected chi connectivity index (χ2v) is 8.99. The van der Waals surface area contributed by atoms with Crippen LogP contribution in [0.3, 0.4) is 0 Å². The summed E-state index contributed by atoms with van der Waals surface area (Å²) in [6.45, 7) is 0.277. The monoisotopic (exact) mass is 515 g/mol. The van der Waals surface area contributed by atoms with Crippen LogP contribution in [0.15, 0.2) is 95.9 Å². The van der Waals surface area contributed by atoms with Crippen molar-refractivity contribution in [1.29, 1.82) is 0 Å². The fraction of sp³-hybridized carbons (Fsp3) is 0.0333. The van der Waals surface area contributed by atoms with Crippen LogP contribution in [0.4, 0.5) is 0 Å². The van der Waals surface area contributed by atoms with E-state index >= 15 is 0 Å². The summed E-state index contributed by atoms with van der Waals surface area (Å²) in [5, 5.41) is 19.9. The van der Waals surface area contributed by atoms with Gasteiger partial charge in [0.25, 0.3) is 5.91 Å². The number of phenolic OH excluding ortho intramolecular Hbond substituents is 1. The molecule has 0 aliphatic heterocycles. The minimum atomic E-state index is -0.353. The number of aromatic hydroxyl groups is 1. The number of benzene rings is 3. The van der Waals surface area contributed by atoms with E-state index in [-0.39, 0.29) is 35.0 Å². The number of amides is 1. The van der Waals surface area contributed by atoms with Gasteiger partial charge < -0.3 is 10.4 Å². The highest BCUT2D eigenvalue weighted by molar-refractivity contribution is 5.98. The third kappa shape index (κ3) is 4.42. The predicted molar refractivity (Wildman–Crippen MR) is 147 cm³/mol. The van der Waals surface area contributed by atoms with Crippen LogP contribution >= 0.6 is 0 Å². The van der Waals surface area contributed by atoms with E-state index in [2.05, 4.69) is 15.5 Å². The van der Waals surface area contributed by atoms with E-state index in [4.69, 9.17) is 4.98 Å². The number of carbonyl (C=O) groups is 2. The van der Waals surface area contributed by atoms with Crippen molar-refractivity contribution in [3.63, 3.8) is 0 Å². The molecule has 0 atom stereocenters. The van der Waals surface area contributed by atoms with E-state index < -0.39 is 0 Å². The fourth-order valence-electron chi connectivity index (χ4n) is 4.52. The van der Waals surface area contributed by atoms with Crippen LogP contribution in [0.5, 0.6) is 5.75 Å². The van der Waals surface area contributed by atoms with E-state index in [0.29, 0.717) is 17.5 Å². The highest BCUT2D eigenvalue weighted by Gasteiger charge is 2.15. The zero-order valence-corrected chi connectivity index (χ0v) is 20.5. The van der Waals surface area contributed by atoms with Gasteiger partial charge in [0.1, 0.15) is 5.75 Å². The molecule has 0 saturated heterocycles. The quantitative estimate of drug-likeness (QED) is 0.283. The Morgan fingerprint density at radius 3 is 2.54 bits per heavy atom. The molecule has 9 heteroatoms. The first-order valence-corrected chi connectivity index (χ1v) is 12.1. The first-order valence-electron chi connectivity index (χ1n) is 12.1. The number of phenols is 1. The number of aromatic amines is 1. The Hall–Kier alpha value is -5.57. The summed E-state index contributed by atoms with van der Waals surface area (Å²) in [5.74, 6) is -0.523. The molecule has 6 aromatic rings. The molecular formula is C30H21N5O4. The molecule has 0 unspecified atom stereocenters. The molecule has 190 valence electrons. The van der Waals surface area contributed by atoms with Crippen LogP contribution < -0.4 is 11.0 Å². The molecule has 0 aliphatic rings. The van der Waals surface area contributed by atoms with Crippen molar-refractivity contribution in [1.82, 2.24) is 24.9 Å². The van der Waals surface area contributed by atoms with Crippen molar-refractivity contribution in [2.24, 2.45) is 0 Å². The van der Waals surface area contributed by atoms with Crippen molar-refractivity contribution in [2.75, 3.05) is 0 Å². The maximum absolute atomic E-state index is 12.6. The highest BCUT2D eigenvalue weighted by atomic mass is 16.3. The molecule has 0 radical (unpaired) electrons. The molecule has 3 aromatic heterocycles. The fourth-order valence-corrected chi connectivity index (χ4v) is 4.52. The van der Waals surface area contributed by atoms with Gasteiger partial charge in [-0.05, 0) is 41.5 Å². The average Bonchev–Trinajstić information content (AvgIpc) is 3.37. The lowest BCUT2D eigenvalue weighted by Crippen LogP contribution is -2.22. The normalized spacial score (nSPS) is 11.1. The largest absolute Gasteiger partial charge is 0.507 e. The van der Waals surface area contributed by atoms with Gasteiger partial charge in [-0.25, -0.2) is 19.3 Å². The van der Waals surface area contributed by atoms with Gasteiger partial charge >= 0.3 is 5.69 Å². The first kappa shape index (κ1) is 23.8. The van der Waals surface area contributed by atoms with Gasteiger partial charge in [0.2, 0.25) is 0 Å². The van der Waals surface area contributed by atoms with Gasteiger partial charge in [-0.2, -0.15) is 5.10 Å². The number of aldehydes is 1. The van der Waals surface area contributed by atoms with Crippen LogP contribution in [-0.2, 0) is 6.54 Å². The summed E-state index contributed by atoms with van der Waals surface area (Å²) >= 11 is 0. The second kappa shape index (κ2) is 9.71. The lowest BCUT2D eigenvalue weighted by molar-refractivity contribution is 0.0951. The number of carbonyl (C=O) groups excluding carboxylic acids is 2. The Kier molecular flexibility index (Phi) is 5.93. The lowest BCUT2D eigenvalue weighted by Gasteiger charge is -2.13. The number of rotatable bonds is 6. The van der Waals surface area contributed by atoms with E-state index in [9.17, 15) is 19.5 Å². The molecule has 9 nitrogen and oxygen atoms in total. The molecule has 1 amide bonds. The topological polar surface area (TPSA) is 129 Å². The first-order chi connectivity index (χ1) is 19.0. The minimum Gasteiger partial charge on any atom is -0.507 e. The molecule has 3 heterocycles. The summed E-state index contributed by atoms with van der Waals surface area (Å²) < 4.78 is 1.46. The van der Waals surface area contributed by atoms with Crippen LogP contribution in [-0.4, -0.2) is 36.9 Å². The number of nitrogens with one attached hydrogen (secondary N) is 2. The number of hydrogen-bond donors (Lipinski definition) is 3. The standard InChI is InChI=1S/C30H21N5O4/c36-17-22-14-21(10-11-26(22)37)29(38)31-16-18-6-8-20(9-7-18)27-23(19-4-2-1-3-5-19)15-24-25(32-27)12-13-35-28(24)33-34-30(35)39/h1-15,17,37H,16H2,(H,31,38)(H,34,39). The summed E-state index contributed by atoms with van der Waals surface area (Å²) in [4.78, 5) is 40.7. The number of hydrogen-bond acceptors (Lipinski definition) is 6. The van der Waals surface area contributed by atoms with E-state index in [1.54, 1.807) is 12.3 Å². The molecular weight excluding hydrogens is 494 g/mol. The van der Waals surface area contributed by atoms with Crippen LogP contribution in [0.2, 0.25) is 0 Å². The smallest absolute Gasteiger partial charge is 0.347 e. The summed E-state index contributed by atoms with van der Waals surface area (Å²) in [7, 11) is 0. The maximum atomic E-state index is 12.6. The third-order valence-corrected chi connectivity index (χ3v) is 6.56. The lowest BCUT2D eigenvalue weighted by atomic mass is 9.97. The molecule has 39 heavy (non-hydrogen) atoms. The minimum absolute atomic E-state index is 0.0594. The molecule has 3 N–H and O–H groups in total. The third-order valence-electron chi connectivity index (χ3n) is 6.56. The van der Waals surface area contributed by atoms with Crippen molar-refractivity contribution >= 4 is 28.7 Å². The van der Waals surface area contributed by atoms with E-state index in [0.717, 1.165) is 33.3 Å². The van der Waals surface area contributed by atoms with Crippen LogP contribution in [0.25, 0.3) is 38.9 Å². The van der Waals surface area contributed by atoms with Gasteiger partial charge in [0.15, 0.2) is 11.9 Å². The number of aromatic nitrogens is 4. The zero-order chi connectivity index (χ0) is 26.9. The van der Waals surface area contributed by atoms with E-state index in [1.807, 2.05) is 60.7 Å². The Labute approximate surface area is 221 Å². The molecule has 0 fully saturated rings. The van der Waals surface area contributed by atoms with Crippen molar-refractivity contribution < 1.29 is 14.7 Å². The van der Waals surface area contributed by atoms with Gasteiger partial charge in [-0.3, -0.25) is 9.59 Å². The summed E-state index contributed by atoms with van der Waals surface area (Å²) in [6, 6.07) is 25.5. The molecule has 0 aliphatic carbocycles. The number of fused-ring (bicyclic) bond motifs is 3. The molecule has 0 bridgehead atoms. The van der Waals surface area contributed by atoms with Crippen molar-refractivity contribution in [2.45, 2.75) is 6.54 Å². The number of pyridine rings is 2.